The van der Waals surface area contributed by atoms with E-state index in [0.29, 0.717) is 11.7 Å². The zero-order chi connectivity index (χ0) is 22.6. The van der Waals surface area contributed by atoms with Crippen LogP contribution in [0.5, 0.6) is 5.75 Å². The van der Waals surface area contributed by atoms with Gasteiger partial charge in [0.15, 0.2) is 5.16 Å². The number of nitrogens with zero attached hydrogens (tertiary/aromatic N) is 3. The highest BCUT2D eigenvalue weighted by atomic mass is 32.2. The lowest BCUT2D eigenvalue weighted by Crippen LogP contribution is -2.24. The fourth-order valence-corrected chi connectivity index (χ4v) is 4.53. The molecule has 6 nitrogen and oxygen atoms in total. The minimum Gasteiger partial charge on any atom is -0.493 e. The lowest BCUT2D eigenvalue weighted by molar-refractivity contribution is -0.118. The number of ether oxygens (including phenoxy) is 1. The van der Waals surface area contributed by atoms with Gasteiger partial charge < -0.3 is 10.1 Å². The summed E-state index contributed by atoms with van der Waals surface area (Å²) in [7, 11) is 0. The third kappa shape index (κ3) is 4.93. The number of carbonyl (C=O) groups excluding carboxylic acids is 1. The van der Waals surface area contributed by atoms with Crippen LogP contribution in [-0.2, 0) is 17.8 Å². The second kappa shape index (κ2) is 9.50. The first-order valence-electron chi connectivity index (χ1n) is 10.9. The van der Waals surface area contributed by atoms with E-state index in [1.165, 1.54) is 28.5 Å². The predicted octanol–water partition coefficient (Wildman–Crippen LogP) is 4.59. The zero-order valence-corrected chi connectivity index (χ0v) is 19.1. The normalized spacial score (nSPS) is 12.3. The molecular formula is C26H24N4O2S. The molecular weight excluding hydrogens is 432 g/mol. The third-order valence-corrected chi connectivity index (χ3v) is 6.57. The Bertz CT molecular complexity index is 1270. The molecule has 0 saturated heterocycles. The van der Waals surface area contributed by atoms with Gasteiger partial charge in [0, 0.05) is 18.7 Å². The van der Waals surface area contributed by atoms with Crippen LogP contribution in [0.1, 0.15) is 16.7 Å². The summed E-state index contributed by atoms with van der Waals surface area (Å²) in [6.07, 6.45) is 2.63. The summed E-state index contributed by atoms with van der Waals surface area (Å²) in [4.78, 5) is 12.4. The zero-order valence-electron chi connectivity index (χ0n) is 18.3. The maximum atomic E-state index is 12.4. The van der Waals surface area contributed by atoms with Crippen molar-refractivity contribution in [2.75, 3.05) is 12.4 Å². The Morgan fingerprint density at radius 1 is 1.06 bits per heavy atom. The first-order valence-corrected chi connectivity index (χ1v) is 11.9. The van der Waals surface area contributed by atoms with Crippen LogP contribution in [0.4, 0.5) is 0 Å². The molecule has 33 heavy (non-hydrogen) atoms. The highest BCUT2D eigenvalue weighted by Gasteiger charge is 2.13. The van der Waals surface area contributed by atoms with Gasteiger partial charge in [-0.2, -0.15) is 0 Å². The molecule has 7 heteroatoms. The van der Waals surface area contributed by atoms with Gasteiger partial charge >= 0.3 is 0 Å². The topological polar surface area (TPSA) is 69.0 Å². The lowest BCUT2D eigenvalue weighted by atomic mass is 10.0. The van der Waals surface area contributed by atoms with Crippen LogP contribution in [0, 0.1) is 6.92 Å². The minimum atomic E-state index is -0.0406. The maximum absolute atomic E-state index is 12.4. The Balaban J connectivity index is 1.14. The van der Waals surface area contributed by atoms with Gasteiger partial charge in [-0.05, 0) is 53.4 Å². The van der Waals surface area contributed by atoms with Crippen LogP contribution in [0.25, 0.3) is 16.8 Å². The summed E-state index contributed by atoms with van der Waals surface area (Å²) < 4.78 is 7.48. The maximum Gasteiger partial charge on any atom is 0.230 e. The van der Waals surface area contributed by atoms with Gasteiger partial charge in [-0.3, -0.25) is 9.36 Å². The smallest absolute Gasteiger partial charge is 0.230 e. The molecule has 0 unspecified atom stereocenters. The van der Waals surface area contributed by atoms with Gasteiger partial charge in [-0.15, -0.1) is 10.2 Å². The van der Waals surface area contributed by atoms with E-state index < -0.39 is 0 Å². The van der Waals surface area contributed by atoms with Crippen molar-refractivity contribution in [3.63, 3.8) is 0 Å². The van der Waals surface area contributed by atoms with E-state index in [4.69, 9.17) is 4.74 Å². The molecule has 0 radical (unpaired) electrons. The van der Waals surface area contributed by atoms with Crippen molar-refractivity contribution in [3.8, 4) is 22.6 Å². The number of aryl methyl sites for hydroxylation is 1. The number of thioether (sulfide) groups is 1. The van der Waals surface area contributed by atoms with E-state index >= 15 is 0 Å². The van der Waals surface area contributed by atoms with Crippen molar-refractivity contribution in [1.82, 2.24) is 20.1 Å². The average molecular weight is 457 g/mol. The van der Waals surface area contributed by atoms with E-state index in [0.717, 1.165) is 35.6 Å². The molecule has 5 rings (SSSR count). The standard InChI is InChI=1S/C26H24N4O2S/c1-18-2-9-23(10-3-18)30-17-28-29-26(30)33-16-25(31)27-15-19-4-6-20(7-5-19)21-8-11-24-22(14-21)12-13-32-24/h2-11,14,17H,12-13,15-16H2,1H3,(H,27,31). The number of aromatic nitrogens is 3. The van der Waals surface area contributed by atoms with Crippen molar-refractivity contribution in [1.29, 1.82) is 0 Å². The Morgan fingerprint density at radius 2 is 1.85 bits per heavy atom. The summed E-state index contributed by atoms with van der Waals surface area (Å²) in [6, 6.07) is 22.8. The van der Waals surface area contributed by atoms with Crippen LogP contribution >= 0.6 is 11.8 Å². The second-order valence-corrected chi connectivity index (χ2v) is 8.94. The molecule has 0 bridgehead atoms. The van der Waals surface area contributed by atoms with E-state index in [2.05, 4.69) is 51.9 Å². The number of rotatable bonds is 7. The summed E-state index contributed by atoms with van der Waals surface area (Å²) in [5.74, 6) is 1.23. The number of hydrogen-bond acceptors (Lipinski definition) is 5. The molecule has 0 saturated carbocycles. The quantitative estimate of drug-likeness (QED) is 0.412. The van der Waals surface area contributed by atoms with Gasteiger partial charge in [-0.25, -0.2) is 0 Å². The van der Waals surface area contributed by atoms with Gasteiger partial charge in [-0.1, -0.05) is 59.8 Å². The van der Waals surface area contributed by atoms with Crippen molar-refractivity contribution in [2.24, 2.45) is 0 Å². The molecule has 4 aromatic rings. The Labute approximate surface area is 197 Å². The van der Waals surface area contributed by atoms with E-state index in [9.17, 15) is 4.79 Å². The predicted molar refractivity (Wildman–Crippen MR) is 130 cm³/mol. The fraction of sp³-hybridized carbons (Fsp3) is 0.192. The monoisotopic (exact) mass is 456 g/mol. The van der Waals surface area contributed by atoms with E-state index in [-0.39, 0.29) is 11.7 Å². The Morgan fingerprint density at radius 3 is 2.67 bits per heavy atom. The van der Waals surface area contributed by atoms with Crippen molar-refractivity contribution < 1.29 is 9.53 Å². The molecule has 1 aliphatic rings. The number of carbonyl (C=O) groups is 1. The van der Waals surface area contributed by atoms with Crippen molar-refractivity contribution in [3.05, 3.63) is 89.7 Å². The van der Waals surface area contributed by atoms with Crippen molar-refractivity contribution >= 4 is 17.7 Å². The Hall–Kier alpha value is -3.58. The minimum absolute atomic E-state index is 0.0406. The average Bonchev–Trinajstić information content (AvgIpc) is 3.51. The SMILES string of the molecule is Cc1ccc(-n2cnnc2SCC(=O)NCc2ccc(-c3ccc4c(c3)CCO4)cc2)cc1. The summed E-state index contributed by atoms with van der Waals surface area (Å²) >= 11 is 1.37. The van der Waals surface area contributed by atoms with Gasteiger partial charge in [0.1, 0.15) is 12.1 Å². The Kier molecular flexibility index (Phi) is 6.13. The molecule has 0 fully saturated rings. The first kappa shape index (κ1) is 21.3. The fourth-order valence-electron chi connectivity index (χ4n) is 3.77. The van der Waals surface area contributed by atoms with Gasteiger partial charge in [0.05, 0.1) is 12.4 Å². The highest BCUT2D eigenvalue weighted by molar-refractivity contribution is 7.99. The molecule has 0 atom stereocenters. The molecule has 3 aromatic carbocycles. The van der Waals surface area contributed by atoms with E-state index in [1.54, 1.807) is 6.33 Å². The van der Waals surface area contributed by atoms with Gasteiger partial charge in [0.25, 0.3) is 0 Å². The van der Waals surface area contributed by atoms with Crippen LogP contribution in [-0.4, -0.2) is 33.0 Å². The number of benzene rings is 3. The van der Waals surface area contributed by atoms with Crippen LogP contribution in [0.2, 0.25) is 0 Å². The molecule has 1 aromatic heterocycles. The number of hydrogen-bond donors (Lipinski definition) is 1. The molecule has 1 aliphatic heterocycles. The molecule has 1 amide bonds. The number of fused-ring (bicyclic) bond motifs is 1. The molecule has 0 aliphatic carbocycles. The van der Waals surface area contributed by atoms with Crippen LogP contribution < -0.4 is 10.1 Å². The lowest BCUT2D eigenvalue weighted by Gasteiger charge is -2.09. The van der Waals surface area contributed by atoms with E-state index in [1.807, 2.05) is 41.8 Å². The highest BCUT2D eigenvalue weighted by Crippen LogP contribution is 2.30. The van der Waals surface area contributed by atoms with Crippen LogP contribution in [0.3, 0.4) is 0 Å². The van der Waals surface area contributed by atoms with Crippen LogP contribution in [0.15, 0.2) is 78.2 Å². The van der Waals surface area contributed by atoms with Crippen molar-refractivity contribution in [2.45, 2.75) is 25.0 Å². The molecule has 0 spiro atoms. The number of nitrogens with one attached hydrogen (secondary N) is 1. The van der Waals surface area contributed by atoms with Gasteiger partial charge in [0.2, 0.25) is 5.91 Å². The molecule has 1 N–H and O–H groups in total. The first-order chi connectivity index (χ1) is 16.2. The number of amides is 1. The summed E-state index contributed by atoms with van der Waals surface area (Å²) in [5.41, 5.74) is 6.83. The summed E-state index contributed by atoms with van der Waals surface area (Å²) in [5, 5.41) is 11.8. The second-order valence-electron chi connectivity index (χ2n) is 8.00. The molecule has 2 heterocycles. The molecule has 166 valence electrons. The summed E-state index contributed by atoms with van der Waals surface area (Å²) in [6.45, 7) is 3.30. The third-order valence-electron chi connectivity index (χ3n) is 5.63. The largest absolute Gasteiger partial charge is 0.493 e.